The summed E-state index contributed by atoms with van der Waals surface area (Å²) >= 11 is 0. The molecule has 24 heavy (non-hydrogen) atoms. The van der Waals surface area contributed by atoms with Crippen LogP contribution in [0.3, 0.4) is 0 Å². The van der Waals surface area contributed by atoms with Crippen molar-refractivity contribution in [1.29, 1.82) is 0 Å². The summed E-state index contributed by atoms with van der Waals surface area (Å²) in [7, 11) is 0. The summed E-state index contributed by atoms with van der Waals surface area (Å²) in [6, 6.07) is 7.68. The van der Waals surface area contributed by atoms with Crippen LogP contribution in [0, 0.1) is 19.8 Å². The minimum absolute atomic E-state index is 0.197. The zero-order chi connectivity index (χ0) is 17.1. The van der Waals surface area contributed by atoms with Gasteiger partial charge in [-0.15, -0.1) is 0 Å². The summed E-state index contributed by atoms with van der Waals surface area (Å²) in [5.74, 6) is 1.29. The van der Waals surface area contributed by atoms with E-state index in [-0.39, 0.29) is 5.91 Å². The van der Waals surface area contributed by atoms with Gasteiger partial charge in [0.15, 0.2) is 0 Å². The van der Waals surface area contributed by atoms with Crippen molar-refractivity contribution in [1.82, 2.24) is 9.97 Å². The smallest absolute Gasteiger partial charge is 0.274 e. The Bertz CT molecular complexity index is 744. The summed E-state index contributed by atoms with van der Waals surface area (Å²) in [5.41, 5.74) is 3.45. The quantitative estimate of drug-likeness (QED) is 0.937. The molecule has 1 unspecified atom stereocenters. The van der Waals surface area contributed by atoms with Crippen molar-refractivity contribution in [2.45, 2.75) is 33.6 Å². The minimum atomic E-state index is -0.197. The molecule has 1 amide bonds. The number of hydrogen-bond acceptors (Lipinski definition) is 4. The molecular formula is C19H24N4O. The largest absolute Gasteiger partial charge is 0.356 e. The molecule has 1 atom stereocenters. The number of piperidine rings is 1. The highest BCUT2D eigenvalue weighted by atomic mass is 16.1. The fourth-order valence-corrected chi connectivity index (χ4v) is 3.11. The van der Waals surface area contributed by atoms with Gasteiger partial charge >= 0.3 is 0 Å². The van der Waals surface area contributed by atoms with Crippen LogP contribution < -0.4 is 10.2 Å². The SMILES string of the molecule is Cc1cccc(NC(=O)c2cc(N3CCCC(C)C3)ncn2)c1C. The number of anilines is 2. The molecule has 1 aromatic heterocycles. The molecule has 1 fully saturated rings. The minimum Gasteiger partial charge on any atom is -0.356 e. The van der Waals surface area contributed by atoms with E-state index < -0.39 is 0 Å². The number of rotatable bonds is 3. The topological polar surface area (TPSA) is 58.1 Å². The second-order valence-corrected chi connectivity index (χ2v) is 6.66. The molecule has 5 heteroatoms. The number of carbonyl (C=O) groups excluding carboxylic acids is 1. The van der Waals surface area contributed by atoms with E-state index in [9.17, 15) is 4.79 Å². The molecule has 1 aromatic carbocycles. The molecule has 1 saturated heterocycles. The average Bonchev–Trinajstić information content (AvgIpc) is 2.59. The van der Waals surface area contributed by atoms with E-state index in [1.165, 1.54) is 12.7 Å². The molecule has 1 aliphatic rings. The van der Waals surface area contributed by atoms with Gasteiger partial charge in [-0.05, 0) is 49.8 Å². The van der Waals surface area contributed by atoms with Gasteiger partial charge in [-0.2, -0.15) is 0 Å². The van der Waals surface area contributed by atoms with Crippen LogP contribution >= 0.6 is 0 Å². The standard InChI is InChI=1S/C19H24N4O/c1-13-6-5-9-23(11-13)18-10-17(20-12-21-18)19(24)22-16-8-4-7-14(2)15(16)3/h4,7-8,10,12-13H,5-6,9,11H2,1-3H3,(H,22,24). The molecule has 0 aliphatic carbocycles. The second kappa shape index (κ2) is 6.99. The van der Waals surface area contributed by atoms with E-state index >= 15 is 0 Å². The van der Waals surface area contributed by atoms with Gasteiger partial charge in [-0.3, -0.25) is 4.79 Å². The maximum absolute atomic E-state index is 12.6. The molecule has 0 saturated carbocycles. The van der Waals surface area contributed by atoms with Crippen molar-refractivity contribution < 1.29 is 4.79 Å². The first-order valence-electron chi connectivity index (χ1n) is 8.49. The monoisotopic (exact) mass is 324 g/mol. The highest BCUT2D eigenvalue weighted by molar-refractivity contribution is 6.03. The number of hydrogen-bond donors (Lipinski definition) is 1. The van der Waals surface area contributed by atoms with E-state index in [0.29, 0.717) is 11.6 Å². The third-order valence-corrected chi connectivity index (χ3v) is 4.72. The Balaban J connectivity index is 1.78. The molecule has 1 N–H and O–H groups in total. The number of nitrogens with one attached hydrogen (secondary N) is 1. The molecule has 0 bridgehead atoms. The number of nitrogens with zero attached hydrogens (tertiary/aromatic N) is 3. The normalized spacial score (nSPS) is 17.6. The Morgan fingerprint density at radius 1 is 1.29 bits per heavy atom. The molecule has 0 spiro atoms. The van der Waals surface area contributed by atoms with Crippen molar-refractivity contribution in [3.05, 3.63) is 47.4 Å². The van der Waals surface area contributed by atoms with E-state index in [1.807, 2.05) is 32.0 Å². The lowest BCUT2D eigenvalue weighted by Gasteiger charge is -2.31. The van der Waals surface area contributed by atoms with Gasteiger partial charge < -0.3 is 10.2 Å². The van der Waals surface area contributed by atoms with Crippen molar-refractivity contribution in [3.63, 3.8) is 0 Å². The number of amides is 1. The van der Waals surface area contributed by atoms with Crippen molar-refractivity contribution in [3.8, 4) is 0 Å². The van der Waals surface area contributed by atoms with E-state index in [1.54, 1.807) is 6.07 Å². The Labute approximate surface area is 143 Å². The first-order valence-corrected chi connectivity index (χ1v) is 8.49. The second-order valence-electron chi connectivity index (χ2n) is 6.66. The molecule has 2 heterocycles. The fourth-order valence-electron chi connectivity index (χ4n) is 3.11. The van der Waals surface area contributed by atoms with Crippen LogP contribution in [0.4, 0.5) is 11.5 Å². The highest BCUT2D eigenvalue weighted by Gasteiger charge is 2.19. The van der Waals surface area contributed by atoms with Crippen molar-refractivity contribution in [2.24, 2.45) is 5.92 Å². The summed E-state index contributed by atoms with van der Waals surface area (Å²) in [5, 5.41) is 2.96. The van der Waals surface area contributed by atoms with E-state index in [2.05, 4.69) is 27.1 Å². The molecule has 3 rings (SSSR count). The van der Waals surface area contributed by atoms with Crippen LogP contribution in [0.1, 0.15) is 41.4 Å². The Morgan fingerprint density at radius 2 is 2.12 bits per heavy atom. The summed E-state index contributed by atoms with van der Waals surface area (Å²) in [4.78, 5) is 23.3. The Kier molecular flexibility index (Phi) is 4.79. The summed E-state index contributed by atoms with van der Waals surface area (Å²) in [6.07, 6.45) is 3.89. The lowest BCUT2D eigenvalue weighted by molar-refractivity contribution is 0.102. The van der Waals surface area contributed by atoms with Gasteiger partial charge in [0.05, 0.1) is 0 Å². The fraction of sp³-hybridized carbons (Fsp3) is 0.421. The lowest BCUT2D eigenvalue weighted by atomic mass is 10.0. The number of aromatic nitrogens is 2. The predicted molar refractivity (Wildman–Crippen MR) is 96.5 cm³/mol. The third-order valence-electron chi connectivity index (χ3n) is 4.72. The maximum Gasteiger partial charge on any atom is 0.274 e. The van der Waals surface area contributed by atoms with E-state index in [4.69, 9.17) is 0 Å². The highest BCUT2D eigenvalue weighted by Crippen LogP contribution is 2.22. The number of aryl methyl sites for hydroxylation is 1. The summed E-state index contributed by atoms with van der Waals surface area (Å²) in [6.45, 7) is 8.26. The number of carbonyl (C=O) groups is 1. The van der Waals surface area contributed by atoms with Gasteiger partial charge in [-0.25, -0.2) is 9.97 Å². The van der Waals surface area contributed by atoms with Gasteiger partial charge in [0.2, 0.25) is 0 Å². The molecule has 0 radical (unpaired) electrons. The summed E-state index contributed by atoms with van der Waals surface area (Å²) < 4.78 is 0. The van der Waals surface area contributed by atoms with Crippen LogP contribution in [0.5, 0.6) is 0 Å². The zero-order valence-electron chi connectivity index (χ0n) is 14.5. The lowest BCUT2D eigenvalue weighted by Crippen LogP contribution is -2.35. The molecular weight excluding hydrogens is 300 g/mol. The van der Waals surface area contributed by atoms with Gasteiger partial charge in [0.1, 0.15) is 17.8 Å². The van der Waals surface area contributed by atoms with Crippen LogP contribution in [0.15, 0.2) is 30.6 Å². The Hall–Kier alpha value is -2.43. The van der Waals surface area contributed by atoms with Crippen molar-refractivity contribution in [2.75, 3.05) is 23.3 Å². The zero-order valence-corrected chi connectivity index (χ0v) is 14.5. The molecule has 2 aromatic rings. The van der Waals surface area contributed by atoms with Gasteiger partial charge in [0, 0.05) is 24.8 Å². The molecule has 126 valence electrons. The Morgan fingerprint density at radius 3 is 2.92 bits per heavy atom. The first kappa shape index (κ1) is 16.4. The first-order chi connectivity index (χ1) is 11.5. The van der Waals surface area contributed by atoms with Gasteiger partial charge in [0.25, 0.3) is 5.91 Å². The average molecular weight is 324 g/mol. The molecule has 1 aliphatic heterocycles. The maximum atomic E-state index is 12.6. The number of benzene rings is 1. The van der Waals surface area contributed by atoms with Crippen LogP contribution in [0.25, 0.3) is 0 Å². The third kappa shape index (κ3) is 3.55. The van der Waals surface area contributed by atoms with E-state index in [0.717, 1.165) is 42.1 Å². The van der Waals surface area contributed by atoms with Crippen LogP contribution in [-0.4, -0.2) is 29.0 Å². The van der Waals surface area contributed by atoms with Gasteiger partial charge in [-0.1, -0.05) is 19.1 Å². The van der Waals surface area contributed by atoms with Crippen LogP contribution in [-0.2, 0) is 0 Å². The molecule has 5 nitrogen and oxygen atoms in total. The van der Waals surface area contributed by atoms with Crippen LogP contribution in [0.2, 0.25) is 0 Å². The predicted octanol–water partition coefficient (Wildman–Crippen LogP) is 3.58. The van der Waals surface area contributed by atoms with Crippen molar-refractivity contribution >= 4 is 17.4 Å².